The molecule has 0 aliphatic heterocycles. The zero-order chi connectivity index (χ0) is 19.0. The number of halogens is 3. The molecule has 142 valence electrons. The molecule has 1 aromatic heterocycles. The van der Waals surface area contributed by atoms with E-state index in [0.29, 0.717) is 24.6 Å². The molecular formula is C17H21F3N4OS. The number of nitrogens with one attached hydrogen (secondary N) is 2. The van der Waals surface area contributed by atoms with E-state index in [1.807, 2.05) is 19.2 Å². The SMILES string of the molecule is CCNC(=NCc1ccccc1OC(F)(F)F)NCCc1csc(C)n1. The van der Waals surface area contributed by atoms with Crippen LogP contribution in [0.4, 0.5) is 13.2 Å². The summed E-state index contributed by atoms with van der Waals surface area (Å²) in [6, 6.07) is 5.99. The standard InChI is InChI=1S/C17H21F3N4OS/c1-3-21-16(22-9-8-14-11-26-12(2)24-14)23-10-13-6-4-5-7-15(13)25-17(18,19)20/h4-7,11H,3,8-10H2,1-2H3,(H2,21,22,23). The summed E-state index contributed by atoms with van der Waals surface area (Å²) in [5.41, 5.74) is 1.36. The molecule has 0 amide bonds. The highest BCUT2D eigenvalue weighted by Gasteiger charge is 2.31. The molecule has 0 aliphatic carbocycles. The smallest absolute Gasteiger partial charge is 0.405 e. The van der Waals surface area contributed by atoms with E-state index in [2.05, 4.69) is 25.3 Å². The molecule has 0 radical (unpaired) electrons. The lowest BCUT2D eigenvalue weighted by atomic mass is 10.2. The minimum Gasteiger partial charge on any atom is -0.405 e. The molecule has 9 heteroatoms. The third-order valence-corrected chi connectivity index (χ3v) is 4.11. The van der Waals surface area contributed by atoms with Gasteiger partial charge in [-0.05, 0) is 19.9 Å². The summed E-state index contributed by atoms with van der Waals surface area (Å²) < 4.78 is 41.5. The highest BCUT2D eigenvalue weighted by molar-refractivity contribution is 7.09. The molecule has 0 bridgehead atoms. The van der Waals surface area contributed by atoms with Crippen LogP contribution in [-0.2, 0) is 13.0 Å². The number of guanidine groups is 1. The molecule has 0 atom stereocenters. The van der Waals surface area contributed by atoms with Gasteiger partial charge in [-0.25, -0.2) is 9.98 Å². The Hall–Kier alpha value is -2.29. The fourth-order valence-corrected chi connectivity index (χ4v) is 2.84. The van der Waals surface area contributed by atoms with Gasteiger partial charge in [0.1, 0.15) is 5.75 Å². The average Bonchev–Trinajstić information content (AvgIpc) is 2.98. The Morgan fingerprint density at radius 2 is 2.04 bits per heavy atom. The van der Waals surface area contributed by atoms with Gasteiger partial charge in [0.15, 0.2) is 5.96 Å². The molecule has 2 aromatic rings. The lowest BCUT2D eigenvalue weighted by Gasteiger charge is -2.13. The van der Waals surface area contributed by atoms with Gasteiger partial charge >= 0.3 is 6.36 Å². The summed E-state index contributed by atoms with van der Waals surface area (Å²) >= 11 is 1.60. The van der Waals surface area contributed by atoms with E-state index in [1.165, 1.54) is 12.1 Å². The van der Waals surface area contributed by atoms with Crippen LogP contribution in [0.5, 0.6) is 5.75 Å². The molecule has 0 fully saturated rings. The van der Waals surface area contributed by atoms with Crippen molar-refractivity contribution in [2.75, 3.05) is 13.1 Å². The molecule has 2 N–H and O–H groups in total. The van der Waals surface area contributed by atoms with Crippen LogP contribution in [0.15, 0.2) is 34.6 Å². The molecule has 1 aromatic carbocycles. The minimum absolute atomic E-state index is 0.0669. The van der Waals surface area contributed by atoms with Crippen LogP contribution >= 0.6 is 11.3 Å². The summed E-state index contributed by atoms with van der Waals surface area (Å²) in [5, 5.41) is 9.25. The van der Waals surface area contributed by atoms with Crippen molar-refractivity contribution in [3.63, 3.8) is 0 Å². The Balaban J connectivity index is 1.97. The number of thiazole rings is 1. The maximum absolute atomic E-state index is 12.5. The summed E-state index contributed by atoms with van der Waals surface area (Å²) in [6.07, 6.45) is -3.99. The largest absolute Gasteiger partial charge is 0.573 e. The van der Waals surface area contributed by atoms with E-state index in [-0.39, 0.29) is 12.3 Å². The predicted molar refractivity (Wildman–Crippen MR) is 96.5 cm³/mol. The van der Waals surface area contributed by atoms with Crippen molar-refractivity contribution in [1.29, 1.82) is 0 Å². The molecule has 0 spiro atoms. The van der Waals surface area contributed by atoms with Gasteiger partial charge in [0.25, 0.3) is 0 Å². The van der Waals surface area contributed by atoms with Crippen molar-refractivity contribution in [1.82, 2.24) is 15.6 Å². The van der Waals surface area contributed by atoms with Crippen LogP contribution in [0.3, 0.4) is 0 Å². The second-order valence-electron chi connectivity index (χ2n) is 5.39. The lowest BCUT2D eigenvalue weighted by Crippen LogP contribution is -2.38. The highest BCUT2D eigenvalue weighted by Crippen LogP contribution is 2.26. The number of aromatic nitrogens is 1. The number of para-hydroxylation sites is 1. The van der Waals surface area contributed by atoms with Crippen molar-refractivity contribution in [2.45, 2.75) is 33.2 Å². The molecule has 0 saturated carbocycles. The molecule has 26 heavy (non-hydrogen) atoms. The Kier molecular flexibility index (Phi) is 7.26. The number of alkyl halides is 3. The van der Waals surface area contributed by atoms with Crippen molar-refractivity contribution < 1.29 is 17.9 Å². The van der Waals surface area contributed by atoms with E-state index in [9.17, 15) is 13.2 Å². The average molecular weight is 386 g/mol. The number of aryl methyl sites for hydroxylation is 1. The Morgan fingerprint density at radius 3 is 2.69 bits per heavy atom. The number of nitrogens with zero attached hydrogens (tertiary/aromatic N) is 2. The van der Waals surface area contributed by atoms with Gasteiger partial charge in [-0.3, -0.25) is 0 Å². The molecular weight excluding hydrogens is 365 g/mol. The summed E-state index contributed by atoms with van der Waals surface area (Å²) in [4.78, 5) is 8.73. The number of aliphatic imine (C=N–C) groups is 1. The van der Waals surface area contributed by atoms with E-state index < -0.39 is 6.36 Å². The van der Waals surface area contributed by atoms with Gasteiger partial charge in [-0.1, -0.05) is 18.2 Å². The number of ether oxygens (including phenoxy) is 1. The van der Waals surface area contributed by atoms with Crippen LogP contribution in [0.1, 0.15) is 23.2 Å². The van der Waals surface area contributed by atoms with E-state index in [4.69, 9.17) is 0 Å². The number of benzene rings is 1. The molecule has 0 aliphatic rings. The number of rotatable bonds is 7. The normalized spacial score (nSPS) is 12.1. The Labute approximate surface area is 154 Å². The van der Waals surface area contributed by atoms with Crippen LogP contribution < -0.4 is 15.4 Å². The zero-order valence-electron chi connectivity index (χ0n) is 14.6. The third-order valence-electron chi connectivity index (χ3n) is 3.29. The van der Waals surface area contributed by atoms with E-state index >= 15 is 0 Å². The molecule has 0 unspecified atom stereocenters. The van der Waals surface area contributed by atoms with Gasteiger partial charge in [0.2, 0.25) is 0 Å². The third kappa shape index (κ3) is 6.91. The summed E-state index contributed by atoms with van der Waals surface area (Å²) in [7, 11) is 0. The second kappa shape index (κ2) is 9.42. The predicted octanol–water partition coefficient (Wildman–Crippen LogP) is 3.65. The maximum atomic E-state index is 12.5. The van der Waals surface area contributed by atoms with Gasteiger partial charge < -0.3 is 15.4 Å². The summed E-state index contributed by atoms with van der Waals surface area (Å²) in [6.45, 7) is 5.20. The van der Waals surface area contributed by atoms with Gasteiger partial charge in [0, 0.05) is 30.5 Å². The van der Waals surface area contributed by atoms with Gasteiger partial charge in [-0.15, -0.1) is 24.5 Å². The van der Waals surface area contributed by atoms with Crippen LogP contribution in [0.25, 0.3) is 0 Å². The molecule has 1 heterocycles. The first-order valence-corrected chi connectivity index (χ1v) is 9.02. The first-order chi connectivity index (χ1) is 12.4. The van der Waals surface area contributed by atoms with Crippen LogP contribution in [-0.4, -0.2) is 30.4 Å². The topological polar surface area (TPSA) is 58.5 Å². The molecule has 0 saturated heterocycles. The monoisotopic (exact) mass is 386 g/mol. The van der Waals surface area contributed by atoms with Crippen molar-refractivity contribution in [3.05, 3.63) is 45.9 Å². The molecule has 2 rings (SSSR count). The van der Waals surface area contributed by atoms with Crippen molar-refractivity contribution in [3.8, 4) is 5.75 Å². The fraction of sp³-hybridized carbons (Fsp3) is 0.412. The van der Waals surface area contributed by atoms with Gasteiger partial charge in [0.05, 0.1) is 17.2 Å². The van der Waals surface area contributed by atoms with Crippen molar-refractivity contribution >= 4 is 17.3 Å². The van der Waals surface area contributed by atoms with Gasteiger partial charge in [-0.2, -0.15) is 0 Å². The van der Waals surface area contributed by atoms with E-state index in [0.717, 1.165) is 17.1 Å². The zero-order valence-corrected chi connectivity index (χ0v) is 15.4. The number of hydrogen-bond acceptors (Lipinski definition) is 4. The van der Waals surface area contributed by atoms with E-state index in [1.54, 1.807) is 23.5 Å². The van der Waals surface area contributed by atoms with Crippen molar-refractivity contribution in [2.24, 2.45) is 4.99 Å². The van der Waals surface area contributed by atoms with Crippen LogP contribution in [0, 0.1) is 6.92 Å². The second-order valence-corrected chi connectivity index (χ2v) is 6.45. The molecule has 5 nitrogen and oxygen atoms in total. The van der Waals surface area contributed by atoms with Crippen LogP contribution in [0.2, 0.25) is 0 Å². The lowest BCUT2D eigenvalue weighted by molar-refractivity contribution is -0.274. The fourth-order valence-electron chi connectivity index (χ4n) is 2.20. The first-order valence-electron chi connectivity index (χ1n) is 8.14. The summed E-state index contributed by atoms with van der Waals surface area (Å²) in [5.74, 6) is 0.291. The minimum atomic E-state index is -4.73. The Morgan fingerprint density at radius 1 is 1.27 bits per heavy atom. The number of hydrogen-bond donors (Lipinski definition) is 2. The first kappa shape index (κ1) is 20.0. The highest BCUT2D eigenvalue weighted by atomic mass is 32.1. The quantitative estimate of drug-likeness (QED) is 0.563. The maximum Gasteiger partial charge on any atom is 0.573 e. The Bertz CT molecular complexity index is 731.